The summed E-state index contributed by atoms with van der Waals surface area (Å²) in [6.45, 7) is 2.21. The molecule has 0 saturated heterocycles. The Morgan fingerprint density at radius 2 is 1.19 bits per heavy atom. The van der Waals surface area contributed by atoms with Crippen molar-refractivity contribution in [2.45, 2.75) is 13.3 Å². The second kappa shape index (κ2) is 5.01. The van der Waals surface area contributed by atoms with E-state index in [1.807, 2.05) is 0 Å². The summed E-state index contributed by atoms with van der Waals surface area (Å²) < 4.78 is 0. The largest absolute Gasteiger partial charge is 0.134 e. The van der Waals surface area contributed by atoms with Crippen LogP contribution in [0.15, 0.2) is 72.8 Å². The summed E-state index contributed by atoms with van der Waals surface area (Å²) in [5.41, 5.74) is 4.32. The molecule has 0 aliphatic carbocycles. The SMILES string of the molecule is CCc1ccc([SiH]2c3ccccc3-c3ccccc32)cc1. The van der Waals surface area contributed by atoms with E-state index in [2.05, 4.69) is 79.7 Å². The van der Waals surface area contributed by atoms with Crippen molar-refractivity contribution in [3.05, 3.63) is 78.4 Å². The van der Waals surface area contributed by atoms with Gasteiger partial charge in [0.2, 0.25) is 0 Å². The first-order valence-electron chi connectivity index (χ1n) is 7.65. The molecule has 1 aliphatic heterocycles. The van der Waals surface area contributed by atoms with Gasteiger partial charge in [-0.05, 0) is 33.5 Å². The maximum atomic E-state index is 2.36. The molecule has 0 saturated carbocycles. The summed E-state index contributed by atoms with van der Waals surface area (Å²) >= 11 is 0. The molecule has 102 valence electrons. The Balaban J connectivity index is 1.91. The lowest BCUT2D eigenvalue weighted by molar-refractivity contribution is 1.14. The van der Waals surface area contributed by atoms with E-state index in [1.54, 1.807) is 10.4 Å². The van der Waals surface area contributed by atoms with Crippen LogP contribution in [0, 0.1) is 0 Å². The normalized spacial score (nSPS) is 13.0. The van der Waals surface area contributed by atoms with Crippen LogP contribution in [-0.2, 0) is 6.42 Å². The van der Waals surface area contributed by atoms with Crippen LogP contribution in [0.25, 0.3) is 11.1 Å². The third kappa shape index (κ3) is 1.97. The highest BCUT2D eigenvalue weighted by atomic mass is 28.3. The van der Waals surface area contributed by atoms with Gasteiger partial charge in [-0.25, -0.2) is 0 Å². The van der Waals surface area contributed by atoms with Gasteiger partial charge in [0.05, 0.1) is 0 Å². The molecule has 0 nitrogen and oxygen atoms in total. The second-order valence-corrected chi connectivity index (χ2v) is 8.48. The van der Waals surface area contributed by atoms with Gasteiger partial charge in [-0.2, -0.15) is 0 Å². The number of aryl methyl sites for hydroxylation is 1. The number of benzene rings is 3. The lowest BCUT2D eigenvalue weighted by Crippen LogP contribution is -2.48. The van der Waals surface area contributed by atoms with Crippen molar-refractivity contribution in [1.82, 2.24) is 0 Å². The molecule has 0 aromatic heterocycles. The molecule has 0 amide bonds. The van der Waals surface area contributed by atoms with Gasteiger partial charge in [-0.1, -0.05) is 84.9 Å². The highest BCUT2D eigenvalue weighted by Gasteiger charge is 2.30. The lowest BCUT2D eigenvalue weighted by atomic mass is 10.1. The van der Waals surface area contributed by atoms with E-state index < -0.39 is 8.80 Å². The Labute approximate surface area is 127 Å². The zero-order valence-corrected chi connectivity index (χ0v) is 13.4. The zero-order chi connectivity index (χ0) is 14.2. The topological polar surface area (TPSA) is 0 Å². The molecule has 1 heteroatoms. The van der Waals surface area contributed by atoms with Gasteiger partial charge >= 0.3 is 0 Å². The number of rotatable bonds is 2. The molecule has 0 N–H and O–H groups in total. The highest BCUT2D eigenvalue weighted by molar-refractivity contribution is 6.99. The van der Waals surface area contributed by atoms with Crippen LogP contribution in [0.1, 0.15) is 12.5 Å². The van der Waals surface area contributed by atoms with Crippen LogP contribution < -0.4 is 15.6 Å². The molecule has 0 unspecified atom stereocenters. The monoisotopic (exact) mass is 286 g/mol. The smallest absolute Gasteiger partial charge is 0.0623 e. The Kier molecular flexibility index (Phi) is 3.01. The van der Waals surface area contributed by atoms with E-state index in [1.165, 1.54) is 21.9 Å². The van der Waals surface area contributed by atoms with Crippen LogP contribution in [0.3, 0.4) is 0 Å². The van der Waals surface area contributed by atoms with Crippen LogP contribution >= 0.6 is 0 Å². The van der Waals surface area contributed by atoms with Crippen LogP contribution in [-0.4, -0.2) is 8.80 Å². The van der Waals surface area contributed by atoms with Crippen LogP contribution in [0.5, 0.6) is 0 Å². The fourth-order valence-electron chi connectivity index (χ4n) is 3.46. The average molecular weight is 286 g/mol. The van der Waals surface area contributed by atoms with Gasteiger partial charge < -0.3 is 0 Å². The first kappa shape index (κ1) is 12.6. The van der Waals surface area contributed by atoms with Gasteiger partial charge in [-0.3, -0.25) is 0 Å². The lowest BCUT2D eigenvalue weighted by Gasteiger charge is -2.13. The van der Waals surface area contributed by atoms with Crippen molar-refractivity contribution in [3.63, 3.8) is 0 Å². The minimum absolute atomic E-state index is 1.11. The molecule has 4 rings (SSSR count). The van der Waals surface area contributed by atoms with Crippen molar-refractivity contribution >= 4 is 24.4 Å². The summed E-state index contributed by atoms with van der Waals surface area (Å²) in [5, 5.41) is 4.68. The Bertz CT molecular complexity index is 741. The summed E-state index contributed by atoms with van der Waals surface area (Å²) in [7, 11) is -1.27. The molecule has 1 heterocycles. The van der Waals surface area contributed by atoms with Crippen molar-refractivity contribution in [1.29, 1.82) is 0 Å². The standard InChI is InChI=1S/C20H18Si/c1-2-15-11-13-16(14-12-15)21-19-9-5-3-7-17(19)18-8-4-6-10-20(18)21/h3-14,21H,2H2,1H3. The van der Waals surface area contributed by atoms with Gasteiger partial charge in [0, 0.05) is 0 Å². The fraction of sp³-hybridized carbons (Fsp3) is 0.100. The first-order valence-corrected chi connectivity index (χ1v) is 9.38. The maximum Gasteiger partial charge on any atom is 0.134 e. The zero-order valence-electron chi connectivity index (χ0n) is 12.2. The Hall–Kier alpha value is -2.12. The molecular formula is C20H18Si. The van der Waals surface area contributed by atoms with Gasteiger partial charge in [0.1, 0.15) is 8.80 Å². The minimum atomic E-state index is -1.27. The maximum absolute atomic E-state index is 2.36. The summed E-state index contributed by atoms with van der Waals surface area (Å²) in [4.78, 5) is 0. The molecule has 0 bridgehead atoms. The number of fused-ring (bicyclic) bond motifs is 3. The Morgan fingerprint density at radius 3 is 1.71 bits per heavy atom. The average Bonchev–Trinajstić information content (AvgIpc) is 2.90. The molecular weight excluding hydrogens is 268 g/mol. The van der Waals surface area contributed by atoms with Crippen molar-refractivity contribution in [3.8, 4) is 11.1 Å². The second-order valence-electron chi connectivity index (χ2n) is 5.70. The fourth-order valence-corrected chi connectivity index (χ4v) is 6.82. The molecule has 21 heavy (non-hydrogen) atoms. The van der Waals surface area contributed by atoms with Crippen LogP contribution in [0.4, 0.5) is 0 Å². The van der Waals surface area contributed by atoms with Gasteiger partial charge in [0.15, 0.2) is 0 Å². The van der Waals surface area contributed by atoms with E-state index in [9.17, 15) is 0 Å². The first-order chi connectivity index (χ1) is 10.4. The minimum Gasteiger partial charge on any atom is -0.0623 e. The van der Waals surface area contributed by atoms with Crippen molar-refractivity contribution < 1.29 is 0 Å². The molecule has 0 radical (unpaired) electrons. The van der Waals surface area contributed by atoms with E-state index in [0.717, 1.165) is 6.42 Å². The summed E-state index contributed by atoms with van der Waals surface area (Å²) in [6, 6.07) is 27.2. The molecule has 3 aromatic rings. The Morgan fingerprint density at radius 1 is 0.667 bits per heavy atom. The van der Waals surface area contributed by atoms with E-state index in [0.29, 0.717) is 0 Å². The highest BCUT2D eigenvalue weighted by Crippen LogP contribution is 2.22. The molecule has 3 aromatic carbocycles. The quantitative estimate of drug-likeness (QED) is 0.497. The van der Waals surface area contributed by atoms with E-state index in [-0.39, 0.29) is 0 Å². The predicted octanol–water partition coefficient (Wildman–Crippen LogP) is 2.48. The van der Waals surface area contributed by atoms with Gasteiger partial charge in [-0.15, -0.1) is 0 Å². The van der Waals surface area contributed by atoms with Crippen LogP contribution in [0.2, 0.25) is 0 Å². The summed E-state index contributed by atoms with van der Waals surface area (Å²) in [5.74, 6) is 0. The van der Waals surface area contributed by atoms with Crippen molar-refractivity contribution in [2.75, 3.05) is 0 Å². The summed E-state index contributed by atoms with van der Waals surface area (Å²) in [6.07, 6.45) is 1.11. The van der Waals surface area contributed by atoms with Crippen molar-refractivity contribution in [2.24, 2.45) is 0 Å². The van der Waals surface area contributed by atoms with E-state index in [4.69, 9.17) is 0 Å². The number of hydrogen-bond acceptors (Lipinski definition) is 0. The third-order valence-corrected chi connectivity index (χ3v) is 7.86. The van der Waals surface area contributed by atoms with E-state index >= 15 is 0 Å². The van der Waals surface area contributed by atoms with Gasteiger partial charge in [0.25, 0.3) is 0 Å². The molecule has 1 aliphatic rings. The predicted molar refractivity (Wildman–Crippen MR) is 93.7 cm³/mol. The number of hydrogen-bond donors (Lipinski definition) is 0. The molecule has 0 spiro atoms. The molecule has 0 atom stereocenters. The third-order valence-electron chi connectivity index (χ3n) is 4.56. The molecule has 0 fully saturated rings.